The Morgan fingerprint density at radius 2 is 1.71 bits per heavy atom. The largest absolute Gasteiger partial charge is 0.505 e. The van der Waals surface area contributed by atoms with Crippen LogP contribution in [0.25, 0.3) is 33.0 Å². The van der Waals surface area contributed by atoms with Crippen molar-refractivity contribution in [3.05, 3.63) is 76.2 Å². The summed E-state index contributed by atoms with van der Waals surface area (Å²) in [7, 11) is 5.75. The molecule has 65 heavy (non-hydrogen) atoms. The third-order valence-corrected chi connectivity index (χ3v) is 13.9. The number of nitrogens with one attached hydrogen (secondary N) is 1. The zero-order valence-corrected chi connectivity index (χ0v) is 39.7. The number of ketones is 1. The van der Waals surface area contributed by atoms with E-state index < -0.39 is 58.9 Å². The smallest absolute Gasteiger partial charge is 0.312 e. The number of amides is 1. The van der Waals surface area contributed by atoms with Crippen molar-refractivity contribution in [1.29, 1.82) is 0 Å². The summed E-state index contributed by atoms with van der Waals surface area (Å²) < 4.78 is 37.5. The van der Waals surface area contributed by atoms with E-state index in [1.165, 1.54) is 46.3 Å². The lowest BCUT2D eigenvalue weighted by atomic mass is 9.73. The number of esters is 1. The van der Waals surface area contributed by atoms with Crippen LogP contribution in [0.5, 0.6) is 17.2 Å². The van der Waals surface area contributed by atoms with Crippen molar-refractivity contribution < 1.29 is 57.2 Å². The van der Waals surface area contributed by atoms with Gasteiger partial charge in [0.25, 0.3) is 5.78 Å². The van der Waals surface area contributed by atoms with Crippen LogP contribution in [0.15, 0.2) is 64.1 Å². The second-order valence-corrected chi connectivity index (χ2v) is 18.7. The number of phenolic OH excluding ortho intramolecular Hbond substituents is 1. The predicted molar refractivity (Wildman–Crippen MR) is 248 cm³/mol. The van der Waals surface area contributed by atoms with E-state index in [0.717, 1.165) is 11.0 Å². The summed E-state index contributed by atoms with van der Waals surface area (Å²) in [6, 6.07) is 5.45. The Morgan fingerprint density at radius 3 is 2.37 bits per heavy atom. The fourth-order valence-corrected chi connectivity index (χ4v) is 8.63. The zero-order valence-electron chi connectivity index (χ0n) is 39.7. The van der Waals surface area contributed by atoms with Crippen molar-refractivity contribution >= 4 is 56.3 Å². The average molecular weight is 899 g/mol. The number of aliphatic hydroxyl groups excluding tert-OH is 1. The summed E-state index contributed by atoms with van der Waals surface area (Å²) in [6.07, 6.45) is 6.86. The minimum absolute atomic E-state index is 0.00117. The summed E-state index contributed by atoms with van der Waals surface area (Å²) in [6.45, 7) is 19.3. The van der Waals surface area contributed by atoms with Gasteiger partial charge in [0.15, 0.2) is 22.3 Å². The summed E-state index contributed by atoms with van der Waals surface area (Å²) >= 11 is 0. The van der Waals surface area contributed by atoms with Gasteiger partial charge in [0.1, 0.15) is 47.5 Å². The van der Waals surface area contributed by atoms with E-state index in [0.29, 0.717) is 23.9 Å². The molecule has 3 aromatic carbocycles. The first kappa shape index (κ1) is 48.7. The molecule has 0 radical (unpaired) electrons. The number of allylic oxidation sites excluding steroid dienone is 2. The van der Waals surface area contributed by atoms with Crippen molar-refractivity contribution in [1.82, 2.24) is 4.98 Å². The molecule has 0 saturated heterocycles. The van der Waals surface area contributed by atoms with E-state index in [4.69, 9.17) is 33.1 Å². The van der Waals surface area contributed by atoms with Gasteiger partial charge in [-0.2, -0.15) is 0 Å². The second kappa shape index (κ2) is 19.0. The van der Waals surface area contributed by atoms with E-state index >= 15 is 0 Å². The van der Waals surface area contributed by atoms with Gasteiger partial charge in [-0.15, -0.1) is 0 Å². The molecular formula is C50H64N3O12+. The summed E-state index contributed by atoms with van der Waals surface area (Å²) in [5, 5.41) is 25.9. The maximum atomic E-state index is 14.7. The van der Waals surface area contributed by atoms with Crippen LogP contribution in [0.1, 0.15) is 78.2 Å². The minimum Gasteiger partial charge on any atom is -0.505 e. The molecule has 0 fully saturated rings. The molecule has 2 aliphatic rings. The van der Waals surface area contributed by atoms with Crippen LogP contribution in [0, 0.1) is 36.5 Å². The second-order valence-electron chi connectivity index (χ2n) is 18.7. The van der Waals surface area contributed by atoms with Gasteiger partial charge in [-0.25, -0.2) is 4.98 Å². The summed E-state index contributed by atoms with van der Waals surface area (Å²) in [5.41, 5.74) is -0.518. The topological polar surface area (TPSA) is 193 Å². The van der Waals surface area contributed by atoms with Crippen molar-refractivity contribution in [3.8, 4) is 17.2 Å². The maximum Gasteiger partial charge on any atom is 0.312 e. The lowest BCUT2D eigenvalue weighted by Gasteiger charge is -2.39. The zero-order chi connectivity index (χ0) is 47.9. The number of rotatable bonds is 7. The molecule has 0 unspecified atom stereocenters. The van der Waals surface area contributed by atoms with Gasteiger partial charge in [0.05, 0.1) is 49.6 Å². The predicted octanol–water partition coefficient (Wildman–Crippen LogP) is 7.75. The fourth-order valence-electron chi connectivity index (χ4n) is 8.63. The Hall–Kier alpha value is -5.77. The van der Waals surface area contributed by atoms with Gasteiger partial charge < -0.3 is 48.1 Å². The normalized spacial score (nSPS) is 28.3. The molecule has 4 bridgehead atoms. The number of aromatic hydroxyl groups is 1. The van der Waals surface area contributed by atoms with Crippen molar-refractivity contribution in [3.63, 3.8) is 0 Å². The Morgan fingerprint density at radius 1 is 1.00 bits per heavy atom. The van der Waals surface area contributed by atoms with Gasteiger partial charge in [-0.3, -0.25) is 19.2 Å². The van der Waals surface area contributed by atoms with E-state index in [9.17, 15) is 29.4 Å². The third kappa shape index (κ3) is 9.50. The molecule has 350 valence electrons. The average Bonchev–Trinajstić information content (AvgIpc) is 3.52. The number of likely N-dealkylation sites (N-methyl/N-ethyl adjacent to an activating group) is 1. The number of benzene rings is 3. The number of aromatic nitrogens is 1. The van der Waals surface area contributed by atoms with Crippen LogP contribution in [0.4, 0.5) is 5.69 Å². The number of anilines is 1. The standard InChI is InChI=1S/C50H63N3O12/c1-25(2)53(11,12)21-23-61-33-18-19-34-36(24-33)64-48-41(51-34)38-39-44(57)31(8)47-40(38)49(59)50(10,65-47)62-22-20-35(60-13)30(7)46(63-32(9)54)29(6)27(4)28(5)43(56)26(3)16-14-15-17-37(55)52-42(48)45(39)58/h14-20,22,24-30,35,43,46,56H,21,23H2,1-13H3,(H-,51,52,55,57,58,59)/p+1/b16-14+,17-15-,22-20+/t26-,27+,28-,29+,30+,35-,43-,46-,50-/m0/s1. The van der Waals surface area contributed by atoms with E-state index in [1.807, 2.05) is 34.6 Å². The third-order valence-electron chi connectivity index (χ3n) is 13.9. The number of methoxy groups -OCH3 is 1. The number of ether oxygens (including phenoxy) is 5. The molecule has 9 atom stereocenters. The first-order valence-electron chi connectivity index (χ1n) is 22.2. The number of hydrogen-bond acceptors (Lipinski definition) is 13. The molecule has 15 heteroatoms. The van der Waals surface area contributed by atoms with Gasteiger partial charge in [-0.1, -0.05) is 52.8 Å². The molecule has 3 heterocycles. The first-order valence-corrected chi connectivity index (χ1v) is 22.2. The lowest BCUT2D eigenvalue weighted by Crippen LogP contribution is -2.48. The van der Waals surface area contributed by atoms with E-state index in [-0.39, 0.29) is 73.7 Å². The summed E-state index contributed by atoms with van der Waals surface area (Å²) in [4.78, 5) is 60.1. The molecule has 0 aliphatic carbocycles. The highest BCUT2D eigenvalue weighted by Gasteiger charge is 2.49. The van der Waals surface area contributed by atoms with Gasteiger partial charge in [-0.05, 0) is 56.7 Å². The molecule has 15 nitrogen and oxygen atoms in total. The number of carbonyl (C=O) groups is 3. The van der Waals surface area contributed by atoms with Gasteiger partial charge in [0.2, 0.25) is 5.91 Å². The quantitative estimate of drug-likeness (QED) is 0.0537. The monoisotopic (exact) mass is 898 g/mol. The SMILES string of the molecule is CO[C@H]1/C=C/O[C@@]2(C)Oc3c(C)c(=O)c4c(O)c(c5oc6cc(OCC[N+](C)(C)C(C)C)ccc6nc5c4c3C2=O)NC(=O)/C=C\C=C\[C@H](C)[C@H](O)[C@@H](C)[C@@H](C)[C@@H](C)[C@H](OC(C)=O)[C@@H]1C. The van der Waals surface area contributed by atoms with Crippen molar-refractivity contribution in [2.45, 2.75) is 99.4 Å². The van der Waals surface area contributed by atoms with Crippen LogP contribution in [0.3, 0.4) is 0 Å². The Kier molecular flexibility index (Phi) is 14.2. The molecule has 2 aliphatic heterocycles. The van der Waals surface area contributed by atoms with Crippen LogP contribution in [-0.2, 0) is 23.8 Å². The fraction of sp³-hybridized carbons (Fsp3) is 0.500. The molecule has 4 aromatic rings. The highest BCUT2D eigenvalue weighted by molar-refractivity contribution is 6.26. The lowest BCUT2D eigenvalue weighted by molar-refractivity contribution is -0.911. The number of phenols is 1. The van der Waals surface area contributed by atoms with E-state index in [2.05, 4.69) is 33.3 Å². The molecule has 3 N–H and O–H groups in total. The molecule has 1 aromatic heterocycles. The van der Waals surface area contributed by atoms with Crippen LogP contribution in [-0.4, -0.2) is 102 Å². The van der Waals surface area contributed by atoms with Gasteiger partial charge >= 0.3 is 11.8 Å². The maximum absolute atomic E-state index is 14.7. The molecule has 0 saturated carbocycles. The number of quaternary nitrogens is 1. The van der Waals surface area contributed by atoms with Gasteiger partial charge in [0, 0.05) is 55.9 Å². The number of carbonyl (C=O) groups excluding carboxylic acids is 3. The highest BCUT2D eigenvalue weighted by Crippen LogP contribution is 2.48. The van der Waals surface area contributed by atoms with Crippen LogP contribution < -0.4 is 20.2 Å². The Labute approximate surface area is 379 Å². The molecule has 0 spiro atoms. The number of Topliss-reactive ketones (excluding diaryl/α,β-unsaturated/α-hetero) is 1. The number of hydrogen-bond donors (Lipinski definition) is 3. The molecule has 6 rings (SSSR count). The molecule has 1 amide bonds. The molecular weight excluding hydrogens is 835 g/mol. The number of fused-ring (bicyclic) bond motifs is 2. The van der Waals surface area contributed by atoms with Crippen molar-refractivity contribution in [2.24, 2.45) is 29.6 Å². The number of nitrogens with zero attached hydrogens (tertiary/aromatic N) is 2. The van der Waals surface area contributed by atoms with Crippen LogP contribution in [0.2, 0.25) is 0 Å². The van der Waals surface area contributed by atoms with E-state index in [1.54, 1.807) is 36.4 Å². The highest BCUT2D eigenvalue weighted by atomic mass is 16.7. The Balaban J connectivity index is 1.54. The first-order chi connectivity index (χ1) is 30.5. The minimum atomic E-state index is -2.00. The van der Waals surface area contributed by atoms with Crippen LogP contribution >= 0.6 is 0 Å². The summed E-state index contributed by atoms with van der Waals surface area (Å²) in [5.74, 6) is -5.47. The van der Waals surface area contributed by atoms with Crippen molar-refractivity contribution in [2.75, 3.05) is 39.7 Å². The number of aliphatic hydroxyl groups is 1. The Bertz CT molecular complexity index is 2650.